The molecule has 0 atom stereocenters. The standard InChI is InChI=1S/C47H49N5O7S/c53-44(24-25-52-40-20-10-12-22-42(40)60-43-23-13-11-21-41(43)52)48-26-28-49(45(54)57-34-37-14-4-1-5-15-37)30-32-51(47(56)59-36-39-18-8-3-9-19-39)33-31-50(29-27-48)46(55)58-35-38-16-6-2-7-17-38/h1-23H,24-36H2. The molecule has 2 aliphatic rings. The van der Waals surface area contributed by atoms with Gasteiger partial charge in [-0.25, -0.2) is 14.4 Å². The first kappa shape index (κ1) is 41.7. The summed E-state index contributed by atoms with van der Waals surface area (Å²) in [4.78, 5) is 66.1. The summed E-state index contributed by atoms with van der Waals surface area (Å²) in [7, 11) is 0. The summed E-state index contributed by atoms with van der Waals surface area (Å²) in [5.41, 5.74) is 4.57. The maximum absolute atomic E-state index is 14.3. The minimum atomic E-state index is -0.581. The third-order valence-corrected chi connectivity index (χ3v) is 11.5. The number of amides is 4. The number of ether oxygens (including phenoxy) is 3. The van der Waals surface area contributed by atoms with E-state index in [9.17, 15) is 19.2 Å². The molecule has 60 heavy (non-hydrogen) atoms. The van der Waals surface area contributed by atoms with E-state index >= 15 is 0 Å². The lowest BCUT2D eigenvalue weighted by molar-refractivity contribution is -0.131. The van der Waals surface area contributed by atoms with Gasteiger partial charge in [-0.15, -0.1) is 0 Å². The van der Waals surface area contributed by atoms with Crippen molar-refractivity contribution in [2.75, 3.05) is 63.8 Å². The molecule has 0 saturated carbocycles. The van der Waals surface area contributed by atoms with Gasteiger partial charge >= 0.3 is 18.3 Å². The Morgan fingerprint density at radius 2 is 0.733 bits per heavy atom. The highest BCUT2D eigenvalue weighted by Crippen LogP contribution is 2.47. The second-order valence-electron chi connectivity index (χ2n) is 14.4. The normalized spacial score (nSPS) is 14.5. The molecule has 310 valence electrons. The van der Waals surface area contributed by atoms with E-state index in [1.54, 1.807) is 16.7 Å². The Morgan fingerprint density at radius 3 is 1.10 bits per heavy atom. The van der Waals surface area contributed by atoms with Crippen LogP contribution in [0.1, 0.15) is 23.1 Å². The van der Waals surface area contributed by atoms with E-state index in [4.69, 9.17) is 14.2 Å². The molecular weight excluding hydrogens is 779 g/mol. The van der Waals surface area contributed by atoms with Crippen molar-refractivity contribution in [3.05, 3.63) is 156 Å². The van der Waals surface area contributed by atoms with Gasteiger partial charge in [0.15, 0.2) is 0 Å². The van der Waals surface area contributed by atoms with E-state index in [2.05, 4.69) is 29.2 Å². The van der Waals surface area contributed by atoms with Gasteiger partial charge < -0.3 is 38.7 Å². The van der Waals surface area contributed by atoms with Gasteiger partial charge in [0, 0.05) is 75.1 Å². The first-order valence-corrected chi connectivity index (χ1v) is 21.0. The molecule has 5 aromatic rings. The minimum Gasteiger partial charge on any atom is -0.445 e. The Bertz CT molecular complexity index is 2080. The molecule has 0 radical (unpaired) electrons. The van der Waals surface area contributed by atoms with Gasteiger partial charge in [-0.05, 0) is 41.0 Å². The third kappa shape index (κ3) is 11.4. The van der Waals surface area contributed by atoms with Crippen molar-refractivity contribution >= 4 is 47.3 Å². The van der Waals surface area contributed by atoms with Crippen molar-refractivity contribution in [2.45, 2.75) is 36.0 Å². The van der Waals surface area contributed by atoms with Gasteiger partial charge in [-0.1, -0.05) is 127 Å². The van der Waals surface area contributed by atoms with Crippen LogP contribution < -0.4 is 4.90 Å². The number of fused-ring (bicyclic) bond motifs is 2. The SMILES string of the molecule is O=C(CCN1c2ccccc2Sc2ccccc21)N1CCN(C(=O)OCc2ccccc2)CCN(C(=O)OCc2ccccc2)CCN(C(=O)OCc2ccccc2)CC1. The van der Waals surface area contributed by atoms with Crippen LogP contribution in [0.25, 0.3) is 0 Å². The molecule has 5 aromatic carbocycles. The Labute approximate surface area is 355 Å². The summed E-state index contributed by atoms with van der Waals surface area (Å²) in [5.74, 6) is -0.124. The fourth-order valence-corrected chi connectivity index (χ4v) is 8.13. The van der Waals surface area contributed by atoms with Crippen LogP contribution in [0, 0.1) is 0 Å². The zero-order valence-electron chi connectivity index (χ0n) is 33.5. The topological polar surface area (TPSA) is 112 Å². The van der Waals surface area contributed by atoms with Crippen molar-refractivity contribution in [2.24, 2.45) is 0 Å². The number of rotatable bonds is 9. The van der Waals surface area contributed by atoms with E-state index in [0.29, 0.717) is 6.54 Å². The molecular formula is C47H49N5O7S. The summed E-state index contributed by atoms with van der Waals surface area (Å²) in [6.07, 6.45) is -1.52. The maximum Gasteiger partial charge on any atom is 0.410 e. The van der Waals surface area contributed by atoms with Gasteiger partial charge in [-0.2, -0.15) is 0 Å². The number of carbonyl (C=O) groups excluding carboxylic acids is 4. The summed E-state index contributed by atoms with van der Waals surface area (Å²) >= 11 is 1.71. The lowest BCUT2D eigenvalue weighted by Crippen LogP contribution is -2.50. The largest absolute Gasteiger partial charge is 0.445 e. The molecule has 1 fully saturated rings. The van der Waals surface area contributed by atoms with E-state index in [1.807, 2.05) is 115 Å². The zero-order chi connectivity index (χ0) is 41.5. The molecule has 0 N–H and O–H groups in total. The second kappa shape index (κ2) is 21.0. The van der Waals surface area contributed by atoms with E-state index < -0.39 is 18.3 Å². The Hall–Kier alpha value is -6.47. The molecule has 2 aliphatic heterocycles. The molecule has 0 aromatic heterocycles. The average molecular weight is 828 g/mol. The first-order chi connectivity index (χ1) is 29.4. The molecule has 0 aliphatic carbocycles. The summed E-state index contributed by atoms with van der Waals surface area (Å²) in [6.45, 7) is 1.65. The van der Waals surface area contributed by atoms with Crippen LogP contribution in [0.15, 0.2) is 149 Å². The smallest absolute Gasteiger partial charge is 0.410 e. The van der Waals surface area contributed by atoms with Gasteiger partial charge in [0.25, 0.3) is 0 Å². The second-order valence-corrected chi connectivity index (χ2v) is 15.5. The Kier molecular flexibility index (Phi) is 14.6. The minimum absolute atomic E-state index is 0.0618. The number of hydrogen-bond donors (Lipinski definition) is 0. The highest BCUT2D eigenvalue weighted by molar-refractivity contribution is 7.99. The summed E-state index contributed by atoms with van der Waals surface area (Å²) in [6, 6.07) is 44.5. The van der Waals surface area contributed by atoms with Crippen LogP contribution in [0.5, 0.6) is 0 Å². The Balaban J connectivity index is 1.10. The zero-order valence-corrected chi connectivity index (χ0v) is 34.3. The molecule has 2 heterocycles. The lowest BCUT2D eigenvalue weighted by Gasteiger charge is -2.35. The fourth-order valence-electron chi connectivity index (χ4n) is 7.03. The summed E-state index contributed by atoms with van der Waals surface area (Å²) in [5, 5.41) is 0. The highest BCUT2D eigenvalue weighted by atomic mass is 32.2. The first-order valence-electron chi connectivity index (χ1n) is 20.2. The maximum atomic E-state index is 14.3. The van der Waals surface area contributed by atoms with Crippen molar-refractivity contribution in [3.8, 4) is 0 Å². The van der Waals surface area contributed by atoms with Gasteiger partial charge in [0.2, 0.25) is 5.91 Å². The van der Waals surface area contributed by atoms with Crippen molar-refractivity contribution in [1.29, 1.82) is 0 Å². The predicted molar refractivity (Wildman–Crippen MR) is 230 cm³/mol. The van der Waals surface area contributed by atoms with Crippen molar-refractivity contribution < 1.29 is 33.4 Å². The fraction of sp³-hybridized carbons (Fsp3) is 0.277. The van der Waals surface area contributed by atoms with Crippen LogP contribution in [0.4, 0.5) is 25.8 Å². The molecule has 12 nitrogen and oxygen atoms in total. The average Bonchev–Trinajstić information content (AvgIpc) is 3.29. The number of hydrogen-bond acceptors (Lipinski definition) is 9. The van der Waals surface area contributed by atoms with Gasteiger partial charge in [0.05, 0.1) is 11.4 Å². The quantitative estimate of drug-likeness (QED) is 0.135. The van der Waals surface area contributed by atoms with Gasteiger partial charge in [0.1, 0.15) is 19.8 Å². The van der Waals surface area contributed by atoms with Crippen LogP contribution in [-0.4, -0.2) is 103 Å². The van der Waals surface area contributed by atoms with Crippen LogP contribution in [-0.2, 0) is 38.8 Å². The molecule has 7 rings (SSSR count). The van der Waals surface area contributed by atoms with E-state index in [0.717, 1.165) is 37.9 Å². The molecule has 0 unspecified atom stereocenters. The number of nitrogens with zero attached hydrogens (tertiary/aromatic N) is 5. The molecule has 1 saturated heterocycles. The third-order valence-electron chi connectivity index (χ3n) is 10.4. The van der Waals surface area contributed by atoms with Crippen molar-refractivity contribution in [1.82, 2.24) is 19.6 Å². The molecule has 0 spiro atoms. The molecule has 13 heteroatoms. The number of carbonyl (C=O) groups is 4. The van der Waals surface area contributed by atoms with Crippen LogP contribution in [0.2, 0.25) is 0 Å². The molecule has 4 amide bonds. The number of anilines is 2. The highest BCUT2D eigenvalue weighted by Gasteiger charge is 2.28. The Morgan fingerprint density at radius 1 is 0.417 bits per heavy atom. The lowest BCUT2D eigenvalue weighted by atomic mass is 10.2. The monoisotopic (exact) mass is 827 g/mol. The van der Waals surface area contributed by atoms with E-state index in [-0.39, 0.29) is 84.5 Å². The molecule has 0 bridgehead atoms. The van der Waals surface area contributed by atoms with Gasteiger partial charge in [-0.3, -0.25) is 4.79 Å². The predicted octanol–water partition coefficient (Wildman–Crippen LogP) is 8.44. The van der Waals surface area contributed by atoms with Crippen molar-refractivity contribution in [3.63, 3.8) is 0 Å². The van der Waals surface area contributed by atoms with Crippen LogP contribution in [0.3, 0.4) is 0 Å². The summed E-state index contributed by atoms with van der Waals surface area (Å²) < 4.78 is 17.3. The van der Waals surface area contributed by atoms with E-state index in [1.165, 1.54) is 14.7 Å². The van der Waals surface area contributed by atoms with Crippen LogP contribution >= 0.6 is 11.8 Å². The number of benzene rings is 5. The number of para-hydroxylation sites is 2.